The zero-order valence-corrected chi connectivity index (χ0v) is 11.1. The molecule has 1 fully saturated rings. The maximum Gasteiger partial charge on any atom is 0.250 e. The largest absolute Gasteiger partial charge is 0.493 e. The quantitative estimate of drug-likeness (QED) is 0.831. The third kappa shape index (κ3) is 2.90. The molecule has 0 radical (unpaired) electrons. The van der Waals surface area contributed by atoms with Crippen molar-refractivity contribution in [3.05, 3.63) is 17.7 Å². The van der Waals surface area contributed by atoms with Gasteiger partial charge in [0.2, 0.25) is 0 Å². The minimum absolute atomic E-state index is 0.0185. The molecule has 1 atom stereocenters. The van der Waals surface area contributed by atoms with Crippen molar-refractivity contribution in [2.24, 2.45) is 5.73 Å². The second-order valence-corrected chi connectivity index (χ2v) is 4.27. The van der Waals surface area contributed by atoms with Gasteiger partial charge in [-0.25, -0.2) is 0 Å². The van der Waals surface area contributed by atoms with E-state index in [9.17, 15) is 4.79 Å². The first-order valence-corrected chi connectivity index (χ1v) is 6.09. The second-order valence-electron chi connectivity index (χ2n) is 4.27. The molecule has 0 unspecified atom stereocenters. The van der Waals surface area contributed by atoms with Gasteiger partial charge in [0, 0.05) is 19.5 Å². The fraction of sp³-hybridized carbons (Fsp3) is 0.462. The van der Waals surface area contributed by atoms with Crippen LogP contribution in [0.3, 0.4) is 0 Å². The summed E-state index contributed by atoms with van der Waals surface area (Å²) in [4.78, 5) is 11.4. The van der Waals surface area contributed by atoms with Gasteiger partial charge >= 0.3 is 0 Å². The van der Waals surface area contributed by atoms with Crippen LogP contribution < -0.4 is 20.5 Å². The van der Waals surface area contributed by atoms with E-state index < -0.39 is 5.91 Å². The maximum absolute atomic E-state index is 11.4. The number of amides is 1. The number of anilines is 1. The fourth-order valence-electron chi connectivity index (χ4n) is 2.01. The number of nitrogens with two attached hydrogens (primary N) is 1. The molecule has 1 heterocycles. The third-order valence-corrected chi connectivity index (χ3v) is 3.02. The van der Waals surface area contributed by atoms with E-state index in [2.05, 4.69) is 5.32 Å². The highest BCUT2D eigenvalue weighted by Crippen LogP contribution is 2.34. The summed E-state index contributed by atoms with van der Waals surface area (Å²) in [5.41, 5.74) is 6.34. The minimum atomic E-state index is -0.514. The Morgan fingerprint density at radius 1 is 1.47 bits per heavy atom. The standard InChI is InChI=1S/C13H18N2O4/c1-15-10-6-11(17-2)12(5-9(10)13(14)16)19-8-3-4-18-7-8/h5-6,8,15H,3-4,7H2,1-2H3,(H2,14,16)/t8-/m0/s1. The van der Waals surface area contributed by atoms with Crippen molar-refractivity contribution < 1.29 is 19.0 Å². The van der Waals surface area contributed by atoms with Crippen molar-refractivity contribution in [3.63, 3.8) is 0 Å². The van der Waals surface area contributed by atoms with Crippen molar-refractivity contribution in [2.45, 2.75) is 12.5 Å². The highest BCUT2D eigenvalue weighted by atomic mass is 16.6. The lowest BCUT2D eigenvalue weighted by molar-refractivity contribution is 0.0999. The van der Waals surface area contributed by atoms with Gasteiger partial charge in [0.1, 0.15) is 6.10 Å². The van der Waals surface area contributed by atoms with Crippen LogP contribution in [0.2, 0.25) is 0 Å². The highest BCUT2D eigenvalue weighted by Gasteiger charge is 2.21. The molecule has 0 bridgehead atoms. The lowest BCUT2D eigenvalue weighted by Crippen LogP contribution is -2.18. The number of carbonyl (C=O) groups excluding carboxylic acids is 1. The van der Waals surface area contributed by atoms with Gasteiger partial charge in [0.25, 0.3) is 5.91 Å². The predicted molar refractivity (Wildman–Crippen MR) is 70.9 cm³/mol. The number of benzene rings is 1. The van der Waals surface area contributed by atoms with Gasteiger partial charge in [-0.1, -0.05) is 0 Å². The SMILES string of the molecule is CNc1cc(OC)c(O[C@H]2CCOC2)cc1C(N)=O. The van der Waals surface area contributed by atoms with E-state index in [0.29, 0.717) is 36.0 Å². The van der Waals surface area contributed by atoms with E-state index in [1.54, 1.807) is 26.3 Å². The van der Waals surface area contributed by atoms with Gasteiger partial charge in [-0.3, -0.25) is 4.79 Å². The summed E-state index contributed by atoms with van der Waals surface area (Å²) in [6, 6.07) is 3.30. The van der Waals surface area contributed by atoms with Gasteiger partial charge in [-0.2, -0.15) is 0 Å². The Morgan fingerprint density at radius 3 is 2.79 bits per heavy atom. The summed E-state index contributed by atoms with van der Waals surface area (Å²) >= 11 is 0. The summed E-state index contributed by atoms with van der Waals surface area (Å²) in [6.45, 7) is 1.23. The van der Waals surface area contributed by atoms with Crippen LogP contribution in [0.1, 0.15) is 16.8 Å². The number of ether oxygens (including phenoxy) is 3. The number of primary amides is 1. The molecule has 3 N–H and O–H groups in total. The van der Waals surface area contributed by atoms with Crippen molar-refractivity contribution in [1.29, 1.82) is 0 Å². The third-order valence-electron chi connectivity index (χ3n) is 3.02. The van der Waals surface area contributed by atoms with Gasteiger partial charge in [-0.15, -0.1) is 0 Å². The molecule has 1 amide bonds. The first-order valence-electron chi connectivity index (χ1n) is 6.09. The van der Waals surface area contributed by atoms with Crippen molar-refractivity contribution in [3.8, 4) is 11.5 Å². The van der Waals surface area contributed by atoms with Crippen molar-refractivity contribution >= 4 is 11.6 Å². The molecular formula is C13H18N2O4. The first-order chi connectivity index (χ1) is 9.15. The van der Waals surface area contributed by atoms with Crippen molar-refractivity contribution in [2.75, 3.05) is 32.7 Å². The van der Waals surface area contributed by atoms with Crippen LogP contribution in [0.4, 0.5) is 5.69 Å². The Bertz CT molecular complexity index is 470. The van der Waals surface area contributed by atoms with E-state index in [0.717, 1.165) is 6.42 Å². The molecule has 0 aromatic heterocycles. The Balaban J connectivity index is 2.34. The average molecular weight is 266 g/mol. The van der Waals surface area contributed by atoms with Crippen LogP contribution >= 0.6 is 0 Å². The zero-order valence-electron chi connectivity index (χ0n) is 11.1. The number of rotatable bonds is 5. The highest BCUT2D eigenvalue weighted by molar-refractivity contribution is 5.99. The number of carbonyl (C=O) groups is 1. The topological polar surface area (TPSA) is 82.8 Å². The van der Waals surface area contributed by atoms with Crippen LogP contribution in [0.15, 0.2) is 12.1 Å². The minimum Gasteiger partial charge on any atom is -0.493 e. The molecule has 1 aromatic carbocycles. The molecule has 0 aliphatic carbocycles. The lowest BCUT2D eigenvalue weighted by atomic mass is 10.1. The molecular weight excluding hydrogens is 248 g/mol. The smallest absolute Gasteiger partial charge is 0.250 e. The molecule has 0 spiro atoms. The van der Waals surface area contributed by atoms with E-state index in [1.807, 2.05) is 0 Å². The molecule has 0 saturated carbocycles. The van der Waals surface area contributed by atoms with Gasteiger partial charge < -0.3 is 25.3 Å². The van der Waals surface area contributed by atoms with Crippen LogP contribution in [-0.4, -0.2) is 39.4 Å². The summed E-state index contributed by atoms with van der Waals surface area (Å²) in [6.07, 6.45) is 0.804. The van der Waals surface area contributed by atoms with Crippen LogP contribution in [0.25, 0.3) is 0 Å². The molecule has 1 aliphatic heterocycles. The predicted octanol–water partition coefficient (Wildman–Crippen LogP) is 1.00. The number of hydrogen-bond donors (Lipinski definition) is 2. The maximum atomic E-state index is 11.4. The molecule has 19 heavy (non-hydrogen) atoms. The number of hydrogen-bond acceptors (Lipinski definition) is 5. The Kier molecular flexibility index (Phi) is 4.11. The number of methoxy groups -OCH3 is 1. The van der Waals surface area contributed by atoms with Gasteiger partial charge in [0.15, 0.2) is 11.5 Å². The van der Waals surface area contributed by atoms with Gasteiger partial charge in [-0.05, 0) is 6.07 Å². The average Bonchev–Trinajstić information content (AvgIpc) is 2.91. The normalized spacial score (nSPS) is 18.1. The second kappa shape index (κ2) is 5.79. The van der Waals surface area contributed by atoms with E-state index >= 15 is 0 Å². The van der Waals surface area contributed by atoms with E-state index in [1.165, 1.54) is 0 Å². The Morgan fingerprint density at radius 2 is 2.26 bits per heavy atom. The Labute approximate surface area is 111 Å². The molecule has 1 saturated heterocycles. The van der Waals surface area contributed by atoms with E-state index in [-0.39, 0.29) is 6.10 Å². The molecule has 1 aliphatic rings. The molecule has 1 aromatic rings. The fourth-order valence-corrected chi connectivity index (χ4v) is 2.01. The van der Waals surface area contributed by atoms with E-state index in [4.69, 9.17) is 19.9 Å². The van der Waals surface area contributed by atoms with Crippen LogP contribution in [0.5, 0.6) is 11.5 Å². The summed E-state index contributed by atoms with van der Waals surface area (Å²) in [7, 11) is 3.27. The zero-order chi connectivity index (χ0) is 13.8. The first kappa shape index (κ1) is 13.5. The molecule has 2 rings (SSSR count). The Hall–Kier alpha value is -1.95. The molecule has 6 nitrogen and oxygen atoms in total. The van der Waals surface area contributed by atoms with Gasteiger partial charge in [0.05, 0.1) is 31.6 Å². The monoisotopic (exact) mass is 266 g/mol. The summed E-state index contributed by atoms with van der Waals surface area (Å²) < 4.78 is 16.3. The van der Waals surface area contributed by atoms with Crippen LogP contribution in [0, 0.1) is 0 Å². The number of nitrogens with one attached hydrogen (secondary N) is 1. The molecule has 6 heteroatoms. The molecule has 104 valence electrons. The summed E-state index contributed by atoms with van der Waals surface area (Å²) in [5, 5.41) is 2.91. The summed E-state index contributed by atoms with van der Waals surface area (Å²) in [5.74, 6) is 0.548. The van der Waals surface area contributed by atoms with Crippen molar-refractivity contribution in [1.82, 2.24) is 0 Å². The lowest BCUT2D eigenvalue weighted by Gasteiger charge is -2.17. The van der Waals surface area contributed by atoms with Crippen LogP contribution in [-0.2, 0) is 4.74 Å².